The number of hydrogen-bond donors (Lipinski definition) is 2. The fraction of sp³-hybridized carbons (Fsp3) is 0.500. The molecule has 0 bridgehead atoms. The molecule has 14 heavy (non-hydrogen) atoms. The Balaban J connectivity index is 3.17. The summed E-state index contributed by atoms with van der Waals surface area (Å²) in [5.74, 6) is 0. The van der Waals surface area contributed by atoms with Crippen molar-refractivity contribution in [2.24, 2.45) is 0 Å². The molecule has 0 aliphatic rings. The topological polar surface area (TPSA) is 46.2 Å². The van der Waals surface area contributed by atoms with Crippen molar-refractivity contribution in [1.82, 2.24) is 0 Å². The molecule has 0 saturated heterocycles. The van der Waals surface area contributed by atoms with Crippen molar-refractivity contribution >= 4 is 5.69 Å². The summed E-state index contributed by atoms with van der Waals surface area (Å²) in [6, 6.07) is 5.82. The molecule has 0 aliphatic carbocycles. The van der Waals surface area contributed by atoms with Crippen molar-refractivity contribution in [3.63, 3.8) is 0 Å². The molecule has 3 N–H and O–H groups in total. The molecule has 0 unspecified atom stereocenters. The summed E-state index contributed by atoms with van der Waals surface area (Å²) in [4.78, 5) is 0. The van der Waals surface area contributed by atoms with Gasteiger partial charge in [-0.3, -0.25) is 0 Å². The van der Waals surface area contributed by atoms with E-state index in [1.165, 1.54) is 0 Å². The van der Waals surface area contributed by atoms with Crippen molar-refractivity contribution in [2.45, 2.75) is 39.2 Å². The van der Waals surface area contributed by atoms with Crippen LogP contribution >= 0.6 is 0 Å². The van der Waals surface area contributed by atoms with Crippen LogP contribution < -0.4 is 5.73 Å². The first-order chi connectivity index (χ1) is 6.53. The summed E-state index contributed by atoms with van der Waals surface area (Å²) in [6.45, 7) is 5.95. The van der Waals surface area contributed by atoms with E-state index in [4.69, 9.17) is 5.73 Å². The molecular formula is C12H19NO. The standard InChI is InChI=1S/C12H19NO/c1-4-12(14,5-2)10-7-6-9(3)8-11(10)13/h6-8,14H,4-5,13H2,1-3H3. The second kappa shape index (κ2) is 4.01. The molecular weight excluding hydrogens is 174 g/mol. The third-order valence-corrected chi connectivity index (χ3v) is 2.88. The molecule has 0 amide bonds. The van der Waals surface area contributed by atoms with Crippen LogP contribution in [0.25, 0.3) is 0 Å². The van der Waals surface area contributed by atoms with Crippen LogP contribution in [0, 0.1) is 6.92 Å². The zero-order chi connectivity index (χ0) is 10.8. The minimum Gasteiger partial charge on any atom is -0.398 e. The minimum absolute atomic E-state index is 0.691. The van der Waals surface area contributed by atoms with E-state index in [1.807, 2.05) is 39.0 Å². The van der Waals surface area contributed by atoms with E-state index in [1.54, 1.807) is 0 Å². The molecule has 0 saturated carbocycles. The van der Waals surface area contributed by atoms with E-state index in [0.29, 0.717) is 18.5 Å². The first kappa shape index (κ1) is 11.1. The second-order valence-corrected chi connectivity index (χ2v) is 3.83. The molecule has 0 heterocycles. The number of benzene rings is 1. The summed E-state index contributed by atoms with van der Waals surface area (Å²) >= 11 is 0. The van der Waals surface area contributed by atoms with E-state index >= 15 is 0 Å². The van der Waals surface area contributed by atoms with Crippen LogP contribution in [0.15, 0.2) is 18.2 Å². The fourth-order valence-corrected chi connectivity index (χ4v) is 1.74. The summed E-state index contributed by atoms with van der Waals surface area (Å²) in [5.41, 5.74) is 7.80. The van der Waals surface area contributed by atoms with Crippen molar-refractivity contribution in [2.75, 3.05) is 5.73 Å². The Labute approximate surface area is 85.8 Å². The predicted molar refractivity (Wildman–Crippen MR) is 60.1 cm³/mol. The van der Waals surface area contributed by atoms with E-state index in [-0.39, 0.29) is 0 Å². The lowest BCUT2D eigenvalue weighted by Crippen LogP contribution is -2.24. The summed E-state index contributed by atoms with van der Waals surface area (Å²) in [5, 5.41) is 10.3. The number of nitrogen functional groups attached to an aromatic ring is 1. The SMILES string of the molecule is CCC(O)(CC)c1ccc(C)cc1N. The highest BCUT2D eigenvalue weighted by Gasteiger charge is 2.26. The summed E-state index contributed by atoms with van der Waals surface area (Å²) in [6.07, 6.45) is 1.38. The second-order valence-electron chi connectivity index (χ2n) is 3.83. The molecule has 0 radical (unpaired) electrons. The molecule has 0 fully saturated rings. The minimum atomic E-state index is -0.766. The zero-order valence-electron chi connectivity index (χ0n) is 9.17. The van der Waals surface area contributed by atoms with Gasteiger partial charge in [0, 0.05) is 11.3 Å². The first-order valence-corrected chi connectivity index (χ1v) is 5.12. The van der Waals surface area contributed by atoms with Crippen LogP contribution in [0.5, 0.6) is 0 Å². The van der Waals surface area contributed by atoms with Gasteiger partial charge >= 0.3 is 0 Å². The Bertz CT molecular complexity index is 316. The number of rotatable bonds is 3. The molecule has 0 atom stereocenters. The number of anilines is 1. The highest BCUT2D eigenvalue weighted by Crippen LogP contribution is 2.32. The maximum Gasteiger partial charge on any atom is 0.0911 e. The van der Waals surface area contributed by atoms with Gasteiger partial charge in [-0.25, -0.2) is 0 Å². The molecule has 0 spiro atoms. The van der Waals surface area contributed by atoms with Gasteiger partial charge < -0.3 is 10.8 Å². The zero-order valence-corrected chi connectivity index (χ0v) is 9.17. The molecule has 2 nitrogen and oxygen atoms in total. The Morgan fingerprint density at radius 2 is 1.86 bits per heavy atom. The molecule has 1 aromatic rings. The van der Waals surface area contributed by atoms with Crippen molar-refractivity contribution in [3.8, 4) is 0 Å². The van der Waals surface area contributed by atoms with Gasteiger partial charge in [-0.1, -0.05) is 26.0 Å². The quantitative estimate of drug-likeness (QED) is 0.725. The van der Waals surface area contributed by atoms with Gasteiger partial charge in [0.05, 0.1) is 5.60 Å². The highest BCUT2D eigenvalue weighted by molar-refractivity contribution is 5.51. The molecule has 1 aromatic carbocycles. The van der Waals surface area contributed by atoms with Crippen LogP contribution in [0.4, 0.5) is 5.69 Å². The Kier molecular flexibility index (Phi) is 3.17. The first-order valence-electron chi connectivity index (χ1n) is 5.12. The summed E-state index contributed by atoms with van der Waals surface area (Å²) < 4.78 is 0. The van der Waals surface area contributed by atoms with Crippen LogP contribution in [0.2, 0.25) is 0 Å². The molecule has 0 aromatic heterocycles. The lowest BCUT2D eigenvalue weighted by atomic mass is 9.87. The largest absolute Gasteiger partial charge is 0.398 e. The third-order valence-electron chi connectivity index (χ3n) is 2.88. The van der Waals surface area contributed by atoms with Crippen LogP contribution in [0.3, 0.4) is 0 Å². The van der Waals surface area contributed by atoms with Crippen LogP contribution in [-0.2, 0) is 5.60 Å². The lowest BCUT2D eigenvalue weighted by Gasteiger charge is -2.27. The number of aryl methyl sites for hydroxylation is 1. The highest BCUT2D eigenvalue weighted by atomic mass is 16.3. The van der Waals surface area contributed by atoms with Gasteiger partial charge in [0.2, 0.25) is 0 Å². The average Bonchev–Trinajstić information content (AvgIpc) is 2.17. The van der Waals surface area contributed by atoms with E-state index in [2.05, 4.69) is 0 Å². The van der Waals surface area contributed by atoms with Gasteiger partial charge in [0.25, 0.3) is 0 Å². The molecule has 1 rings (SSSR count). The molecule has 78 valence electrons. The van der Waals surface area contributed by atoms with E-state index < -0.39 is 5.60 Å². The normalized spacial score (nSPS) is 11.7. The monoisotopic (exact) mass is 193 g/mol. The smallest absolute Gasteiger partial charge is 0.0911 e. The number of hydrogen-bond acceptors (Lipinski definition) is 2. The summed E-state index contributed by atoms with van der Waals surface area (Å²) in [7, 11) is 0. The molecule has 0 aliphatic heterocycles. The number of nitrogens with two attached hydrogens (primary N) is 1. The third kappa shape index (κ3) is 1.90. The van der Waals surface area contributed by atoms with Crippen molar-refractivity contribution in [1.29, 1.82) is 0 Å². The van der Waals surface area contributed by atoms with Crippen LogP contribution in [0.1, 0.15) is 37.8 Å². The maximum atomic E-state index is 10.3. The van der Waals surface area contributed by atoms with Crippen molar-refractivity contribution < 1.29 is 5.11 Å². The van der Waals surface area contributed by atoms with Gasteiger partial charge in [-0.2, -0.15) is 0 Å². The number of aliphatic hydroxyl groups is 1. The lowest BCUT2D eigenvalue weighted by molar-refractivity contribution is 0.0291. The van der Waals surface area contributed by atoms with Gasteiger partial charge in [-0.05, 0) is 31.4 Å². The predicted octanol–water partition coefficient (Wildman–Crippen LogP) is 2.58. The van der Waals surface area contributed by atoms with Crippen molar-refractivity contribution in [3.05, 3.63) is 29.3 Å². The Morgan fingerprint density at radius 1 is 1.29 bits per heavy atom. The van der Waals surface area contributed by atoms with Gasteiger partial charge in [0.1, 0.15) is 0 Å². The fourth-order valence-electron chi connectivity index (χ4n) is 1.74. The van der Waals surface area contributed by atoms with Crippen LogP contribution in [-0.4, -0.2) is 5.11 Å². The van der Waals surface area contributed by atoms with Gasteiger partial charge in [0.15, 0.2) is 0 Å². The average molecular weight is 193 g/mol. The maximum absolute atomic E-state index is 10.3. The Morgan fingerprint density at radius 3 is 2.29 bits per heavy atom. The van der Waals surface area contributed by atoms with E-state index in [0.717, 1.165) is 11.1 Å². The Hall–Kier alpha value is -1.02. The molecule has 2 heteroatoms. The van der Waals surface area contributed by atoms with Gasteiger partial charge in [-0.15, -0.1) is 0 Å². The van der Waals surface area contributed by atoms with E-state index in [9.17, 15) is 5.11 Å².